The fourth-order valence-corrected chi connectivity index (χ4v) is 2.14. The van der Waals surface area contributed by atoms with Crippen molar-refractivity contribution in [2.75, 3.05) is 11.9 Å². The first kappa shape index (κ1) is 13.6. The molecule has 1 aliphatic rings. The van der Waals surface area contributed by atoms with Crippen LogP contribution in [0.1, 0.15) is 31.4 Å². The third kappa shape index (κ3) is 3.15. The van der Waals surface area contributed by atoms with Crippen LogP contribution in [0.25, 0.3) is 0 Å². The van der Waals surface area contributed by atoms with E-state index in [-0.39, 0.29) is 23.8 Å². The van der Waals surface area contributed by atoms with Gasteiger partial charge in [0.2, 0.25) is 5.91 Å². The van der Waals surface area contributed by atoms with E-state index < -0.39 is 0 Å². The zero-order chi connectivity index (χ0) is 14.0. The van der Waals surface area contributed by atoms with Crippen LogP contribution in [-0.2, 0) is 4.79 Å². The van der Waals surface area contributed by atoms with E-state index >= 15 is 0 Å². The number of aliphatic hydroxyl groups excluding tert-OH is 1. The molecule has 0 saturated heterocycles. The van der Waals surface area contributed by atoms with Crippen LogP contribution in [0.2, 0.25) is 0 Å². The number of carbonyl (C=O) groups is 1. The Morgan fingerprint density at radius 2 is 2.21 bits per heavy atom. The third-order valence-electron chi connectivity index (χ3n) is 3.56. The van der Waals surface area contributed by atoms with Crippen molar-refractivity contribution in [2.45, 2.75) is 27.2 Å². The second kappa shape index (κ2) is 5.07. The number of nitrogens with one attached hydrogen (secondary N) is 1. The summed E-state index contributed by atoms with van der Waals surface area (Å²) in [6.45, 7) is 5.98. The molecule has 1 amide bonds. The van der Waals surface area contributed by atoms with Gasteiger partial charge in [0.25, 0.3) is 0 Å². The van der Waals surface area contributed by atoms with Crippen molar-refractivity contribution < 1.29 is 9.90 Å². The molecule has 0 heterocycles. The average molecular weight is 257 g/mol. The number of benzene rings is 1. The van der Waals surface area contributed by atoms with Gasteiger partial charge < -0.3 is 10.4 Å². The minimum Gasteiger partial charge on any atom is -0.384 e. The Balaban J connectivity index is 2.18. The van der Waals surface area contributed by atoms with Gasteiger partial charge in [-0.1, -0.05) is 31.8 Å². The first-order valence-corrected chi connectivity index (χ1v) is 6.45. The minimum absolute atomic E-state index is 0.0564. The van der Waals surface area contributed by atoms with Gasteiger partial charge in [-0.05, 0) is 36.5 Å². The summed E-state index contributed by atoms with van der Waals surface area (Å²) in [7, 11) is 0. The molecule has 1 fully saturated rings. The van der Waals surface area contributed by atoms with Gasteiger partial charge >= 0.3 is 0 Å². The van der Waals surface area contributed by atoms with Crippen LogP contribution < -0.4 is 5.32 Å². The summed E-state index contributed by atoms with van der Waals surface area (Å²) in [6, 6.07) is 5.72. The predicted octanol–water partition coefficient (Wildman–Crippen LogP) is 2.32. The lowest BCUT2D eigenvalue weighted by molar-refractivity contribution is -0.118. The molecule has 0 spiro atoms. The summed E-state index contributed by atoms with van der Waals surface area (Å²) in [5.41, 5.74) is 2.67. The highest BCUT2D eigenvalue weighted by molar-refractivity contribution is 5.96. The number of aryl methyl sites for hydroxylation is 1. The molecule has 1 aromatic carbocycles. The second-order valence-corrected chi connectivity index (χ2v) is 5.74. The first-order chi connectivity index (χ1) is 8.94. The Morgan fingerprint density at radius 3 is 2.79 bits per heavy atom. The van der Waals surface area contributed by atoms with E-state index in [4.69, 9.17) is 5.11 Å². The number of hydrogen-bond acceptors (Lipinski definition) is 2. The molecule has 100 valence electrons. The Bertz CT molecular complexity index is 564. The number of carbonyl (C=O) groups excluding carboxylic acids is 1. The molecule has 1 saturated carbocycles. The summed E-state index contributed by atoms with van der Waals surface area (Å²) in [5.74, 6) is 5.64. The van der Waals surface area contributed by atoms with Gasteiger partial charge in [0.15, 0.2) is 0 Å². The standard InChI is InChI=1S/C16H19NO2/c1-11-6-7-14(12(9-11)5-4-8-18)17-15(19)13-10-16(13,2)3/h6-7,9,13,18H,8,10H2,1-3H3,(H,17,19). The van der Waals surface area contributed by atoms with Gasteiger partial charge in [-0.25, -0.2) is 0 Å². The zero-order valence-corrected chi connectivity index (χ0v) is 11.6. The maximum absolute atomic E-state index is 12.1. The van der Waals surface area contributed by atoms with Gasteiger partial charge in [-0.2, -0.15) is 0 Å². The predicted molar refractivity (Wildman–Crippen MR) is 75.7 cm³/mol. The number of amides is 1. The van der Waals surface area contributed by atoms with E-state index in [1.54, 1.807) is 0 Å². The Labute approximate surface area is 114 Å². The molecule has 3 nitrogen and oxygen atoms in total. The first-order valence-electron chi connectivity index (χ1n) is 6.45. The van der Waals surface area contributed by atoms with E-state index in [2.05, 4.69) is 31.0 Å². The van der Waals surface area contributed by atoms with Crippen molar-refractivity contribution in [1.29, 1.82) is 0 Å². The van der Waals surface area contributed by atoms with Gasteiger partial charge in [0.1, 0.15) is 6.61 Å². The Kier molecular flexibility index (Phi) is 3.64. The molecule has 1 aliphatic carbocycles. The highest BCUT2D eigenvalue weighted by atomic mass is 16.2. The lowest BCUT2D eigenvalue weighted by Gasteiger charge is -2.09. The van der Waals surface area contributed by atoms with Crippen LogP contribution >= 0.6 is 0 Å². The molecule has 1 aromatic rings. The molecule has 3 heteroatoms. The Morgan fingerprint density at radius 1 is 1.53 bits per heavy atom. The number of hydrogen-bond donors (Lipinski definition) is 2. The van der Waals surface area contributed by atoms with Gasteiger partial charge in [0.05, 0.1) is 5.69 Å². The maximum atomic E-state index is 12.1. The quantitative estimate of drug-likeness (QED) is 0.799. The number of anilines is 1. The molecule has 0 aromatic heterocycles. The largest absolute Gasteiger partial charge is 0.384 e. The molecule has 0 aliphatic heterocycles. The van der Waals surface area contributed by atoms with E-state index in [0.29, 0.717) is 0 Å². The summed E-state index contributed by atoms with van der Waals surface area (Å²) < 4.78 is 0. The second-order valence-electron chi connectivity index (χ2n) is 5.74. The molecule has 2 rings (SSSR count). The molecule has 0 bridgehead atoms. The summed E-state index contributed by atoms with van der Waals surface area (Å²) in [5, 5.41) is 11.7. The third-order valence-corrected chi connectivity index (χ3v) is 3.56. The average Bonchev–Trinajstić information content (AvgIpc) is 2.99. The fraction of sp³-hybridized carbons (Fsp3) is 0.438. The number of aliphatic hydroxyl groups is 1. The van der Waals surface area contributed by atoms with Crippen LogP contribution in [0.5, 0.6) is 0 Å². The summed E-state index contributed by atoms with van der Waals surface area (Å²) in [4.78, 5) is 12.1. The summed E-state index contributed by atoms with van der Waals surface area (Å²) >= 11 is 0. The lowest BCUT2D eigenvalue weighted by atomic mass is 10.1. The van der Waals surface area contributed by atoms with Crippen molar-refractivity contribution in [3.05, 3.63) is 29.3 Å². The number of rotatable bonds is 2. The van der Waals surface area contributed by atoms with Crippen molar-refractivity contribution >= 4 is 11.6 Å². The van der Waals surface area contributed by atoms with Crippen molar-refractivity contribution in [3.63, 3.8) is 0 Å². The van der Waals surface area contributed by atoms with Crippen LogP contribution in [0.4, 0.5) is 5.69 Å². The topological polar surface area (TPSA) is 49.3 Å². The van der Waals surface area contributed by atoms with Crippen molar-refractivity contribution in [3.8, 4) is 11.8 Å². The van der Waals surface area contributed by atoms with Crippen LogP contribution in [0.3, 0.4) is 0 Å². The smallest absolute Gasteiger partial charge is 0.228 e. The molecule has 19 heavy (non-hydrogen) atoms. The van der Waals surface area contributed by atoms with E-state index in [9.17, 15) is 4.79 Å². The van der Waals surface area contributed by atoms with Gasteiger partial charge in [-0.3, -0.25) is 4.79 Å². The van der Waals surface area contributed by atoms with Crippen molar-refractivity contribution in [1.82, 2.24) is 0 Å². The van der Waals surface area contributed by atoms with Gasteiger partial charge in [0, 0.05) is 11.5 Å². The van der Waals surface area contributed by atoms with Crippen molar-refractivity contribution in [2.24, 2.45) is 11.3 Å². The lowest BCUT2D eigenvalue weighted by Crippen LogP contribution is -2.17. The molecular formula is C16H19NO2. The molecule has 2 N–H and O–H groups in total. The van der Waals surface area contributed by atoms with Crippen LogP contribution in [0, 0.1) is 30.1 Å². The maximum Gasteiger partial charge on any atom is 0.228 e. The highest BCUT2D eigenvalue weighted by Gasteiger charge is 2.50. The molecule has 1 atom stereocenters. The monoisotopic (exact) mass is 257 g/mol. The molecule has 0 radical (unpaired) electrons. The van der Waals surface area contributed by atoms with Gasteiger partial charge in [-0.15, -0.1) is 0 Å². The fourth-order valence-electron chi connectivity index (χ4n) is 2.14. The SMILES string of the molecule is Cc1ccc(NC(=O)C2CC2(C)C)c(C#CCO)c1. The minimum atomic E-state index is -0.184. The summed E-state index contributed by atoms with van der Waals surface area (Å²) in [6.07, 6.45) is 0.933. The highest BCUT2D eigenvalue weighted by Crippen LogP contribution is 2.52. The van der Waals surface area contributed by atoms with Crippen LogP contribution in [-0.4, -0.2) is 17.6 Å². The van der Waals surface area contributed by atoms with E-state index in [1.165, 1.54) is 0 Å². The molecular weight excluding hydrogens is 238 g/mol. The normalized spacial score (nSPS) is 19.3. The molecule has 1 unspecified atom stereocenters. The Hall–Kier alpha value is -1.79. The van der Waals surface area contributed by atoms with E-state index in [1.807, 2.05) is 25.1 Å². The zero-order valence-electron chi connectivity index (χ0n) is 11.6. The van der Waals surface area contributed by atoms with E-state index in [0.717, 1.165) is 23.2 Å². The van der Waals surface area contributed by atoms with Crippen LogP contribution in [0.15, 0.2) is 18.2 Å².